The van der Waals surface area contributed by atoms with Gasteiger partial charge in [-0.25, -0.2) is 0 Å². The third kappa shape index (κ3) is 1.84. The molecule has 96 valence electrons. The average molecular weight is 243 g/mol. The van der Waals surface area contributed by atoms with E-state index in [4.69, 9.17) is 5.73 Å². The molecular formula is C15H21N3. The van der Waals surface area contributed by atoms with Crippen LogP contribution < -0.4 is 5.73 Å². The molecular weight excluding hydrogens is 222 g/mol. The van der Waals surface area contributed by atoms with Crippen molar-refractivity contribution >= 4 is 10.9 Å². The average Bonchev–Trinajstić information content (AvgIpc) is 2.68. The minimum Gasteiger partial charge on any atom is -0.342 e. The van der Waals surface area contributed by atoms with E-state index in [1.807, 2.05) is 0 Å². The van der Waals surface area contributed by atoms with E-state index in [0.717, 1.165) is 32.7 Å². The Bertz CT molecular complexity index is 583. The van der Waals surface area contributed by atoms with E-state index in [1.165, 1.54) is 27.7 Å². The summed E-state index contributed by atoms with van der Waals surface area (Å²) in [7, 11) is 0. The lowest BCUT2D eigenvalue weighted by Crippen LogP contribution is -2.36. The quantitative estimate of drug-likeness (QED) is 0.875. The Labute approximate surface area is 108 Å². The number of rotatable bonds is 2. The van der Waals surface area contributed by atoms with Crippen LogP contribution in [0.3, 0.4) is 0 Å². The summed E-state index contributed by atoms with van der Waals surface area (Å²) in [5.41, 5.74) is 11.2. The summed E-state index contributed by atoms with van der Waals surface area (Å²) in [4.78, 5) is 2.44. The molecule has 1 aliphatic rings. The van der Waals surface area contributed by atoms with Crippen molar-refractivity contribution in [1.82, 2.24) is 9.47 Å². The maximum atomic E-state index is 5.65. The van der Waals surface area contributed by atoms with Crippen LogP contribution in [0.25, 0.3) is 10.9 Å². The summed E-state index contributed by atoms with van der Waals surface area (Å²) in [6, 6.07) is 6.93. The largest absolute Gasteiger partial charge is 0.342 e. The molecule has 1 aromatic carbocycles. The predicted octanol–water partition coefficient (Wildman–Crippen LogP) is 2.03. The number of hydrogen-bond donors (Lipinski definition) is 1. The molecule has 0 radical (unpaired) electrons. The predicted molar refractivity (Wildman–Crippen MR) is 75.7 cm³/mol. The third-order valence-electron chi connectivity index (χ3n) is 3.93. The number of aromatic nitrogens is 1. The molecule has 0 saturated carbocycles. The highest BCUT2D eigenvalue weighted by Gasteiger charge is 2.18. The first-order chi connectivity index (χ1) is 8.69. The number of fused-ring (bicyclic) bond motifs is 3. The van der Waals surface area contributed by atoms with Crippen molar-refractivity contribution in [2.45, 2.75) is 26.9 Å². The highest BCUT2D eigenvalue weighted by atomic mass is 15.2. The first-order valence-electron chi connectivity index (χ1n) is 6.71. The highest BCUT2D eigenvalue weighted by Crippen LogP contribution is 2.27. The van der Waals surface area contributed by atoms with Gasteiger partial charge in [0.1, 0.15) is 0 Å². The van der Waals surface area contributed by atoms with Gasteiger partial charge in [-0.05, 0) is 37.1 Å². The molecule has 0 unspecified atom stereocenters. The fourth-order valence-corrected chi connectivity index (χ4v) is 3.08. The summed E-state index contributed by atoms with van der Waals surface area (Å²) in [6.07, 6.45) is 0. The van der Waals surface area contributed by atoms with Crippen molar-refractivity contribution in [3.05, 3.63) is 35.0 Å². The van der Waals surface area contributed by atoms with Gasteiger partial charge in [0.15, 0.2) is 0 Å². The number of benzene rings is 1. The molecule has 0 bridgehead atoms. The van der Waals surface area contributed by atoms with Crippen LogP contribution in [-0.2, 0) is 13.1 Å². The Hall–Kier alpha value is -1.32. The Morgan fingerprint density at radius 2 is 2.00 bits per heavy atom. The van der Waals surface area contributed by atoms with Crippen molar-refractivity contribution in [3.8, 4) is 0 Å². The Morgan fingerprint density at radius 1 is 1.17 bits per heavy atom. The van der Waals surface area contributed by atoms with Gasteiger partial charge in [0.05, 0.1) is 0 Å². The van der Waals surface area contributed by atoms with Gasteiger partial charge in [-0.1, -0.05) is 6.07 Å². The first-order valence-corrected chi connectivity index (χ1v) is 6.71. The van der Waals surface area contributed by atoms with Crippen LogP contribution in [0.4, 0.5) is 0 Å². The standard InChI is InChI=1S/C15H21N3/c1-11-7-12(2)14-9-13-10-17(4-3-16)5-6-18(13)15(14)8-11/h7-9H,3-6,10,16H2,1-2H3. The lowest BCUT2D eigenvalue weighted by molar-refractivity contribution is 0.229. The topological polar surface area (TPSA) is 34.2 Å². The molecule has 0 fully saturated rings. The van der Waals surface area contributed by atoms with E-state index in [1.54, 1.807) is 0 Å². The summed E-state index contributed by atoms with van der Waals surface area (Å²) in [5, 5.41) is 1.41. The summed E-state index contributed by atoms with van der Waals surface area (Å²) in [6.45, 7) is 9.36. The second-order valence-corrected chi connectivity index (χ2v) is 5.37. The fraction of sp³-hybridized carbons (Fsp3) is 0.467. The van der Waals surface area contributed by atoms with Gasteiger partial charge in [-0.15, -0.1) is 0 Å². The number of aryl methyl sites for hydroxylation is 2. The van der Waals surface area contributed by atoms with Crippen LogP contribution in [0.15, 0.2) is 18.2 Å². The molecule has 0 atom stereocenters. The Kier molecular flexibility index (Phi) is 2.88. The molecule has 3 nitrogen and oxygen atoms in total. The maximum Gasteiger partial charge on any atom is 0.0488 e. The zero-order valence-electron chi connectivity index (χ0n) is 11.2. The smallest absolute Gasteiger partial charge is 0.0488 e. The van der Waals surface area contributed by atoms with Crippen LogP contribution >= 0.6 is 0 Å². The zero-order valence-corrected chi connectivity index (χ0v) is 11.2. The minimum atomic E-state index is 0.748. The van der Waals surface area contributed by atoms with Gasteiger partial charge in [-0.3, -0.25) is 4.90 Å². The van der Waals surface area contributed by atoms with Gasteiger partial charge in [0.25, 0.3) is 0 Å². The minimum absolute atomic E-state index is 0.748. The van der Waals surface area contributed by atoms with E-state index in [9.17, 15) is 0 Å². The number of hydrogen-bond acceptors (Lipinski definition) is 2. The summed E-state index contributed by atoms with van der Waals surface area (Å²) < 4.78 is 2.47. The monoisotopic (exact) mass is 243 g/mol. The lowest BCUT2D eigenvalue weighted by atomic mass is 10.1. The lowest BCUT2D eigenvalue weighted by Gasteiger charge is -2.28. The Morgan fingerprint density at radius 3 is 2.78 bits per heavy atom. The molecule has 2 heterocycles. The maximum absolute atomic E-state index is 5.65. The van der Waals surface area contributed by atoms with Crippen LogP contribution in [-0.4, -0.2) is 29.1 Å². The number of nitrogens with zero attached hydrogens (tertiary/aromatic N) is 2. The van der Waals surface area contributed by atoms with Crippen molar-refractivity contribution in [2.24, 2.45) is 5.73 Å². The van der Waals surface area contributed by atoms with Gasteiger partial charge in [0, 0.05) is 49.3 Å². The summed E-state index contributed by atoms with van der Waals surface area (Å²) in [5.74, 6) is 0. The van der Waals surface area contributed by atoms with E-state index >= 15 is 0 Å². The molecule has 18 heavy (non-hydrogen) atoms. The van der Waals surface area contributed by atoms with E-state index in [-0.39, 0.29) is 0 Å². The fourth-order valence-electron chi connectivity index (χ4n) is 3.08. The van der Waals surface area contributed by atoms with Gasteiger partial charge in [-0.2, -0.15) is 0 Å². The SMILES string of the molecule is Cc1cc(C)c2cc3n(c2c1)CCN(CCN)C3. The van der Waals surface area contributed by atoms with Crippen molar-refractivity contribution in [1.29, 1.82) is 0 Å². The van der Waals surface area contributed by atoms with Crippen molar-refractivity contribution < 1.29 is 0 Å². The van der Waals surface area contributed by atoms with Crippen molar-refractivity contribution in [2.75, 3.05) is 19.6 Å². The van der Waals surface area contributed by atoms with E-state index in [0.29, 0.717) is 0 Å². The molecule has 0 saturated heterocycles. The molecule has 2 N–H and O–H groups in total. The third-order valence-corrected chi connectivity index (χ3v) is 3.93. The summed E-state index contributed by atoms with van der Waals surface area (Å²) >= 11 is 0. The normalized spacial score (nSPS) is 16.2. The molecule has 1 aromatic heterocycles. The zero-order chi connectivity index (χ0) is 12.7. The first kappa shape index (κ1) is 11.8. The van der Waals surface area contributed by atoms with E-state index in [2.05, 4.69) is 41.5 Å². The van der Waals surface area contributed by atoms with Crippen LogP contribution in [0, 0.1) is 13.8 Å². The second-order valence-electron chi connectivity index (χ2n) is 5.37. The van der Waals surface area contributed by atoms with E-state index < -0.39 is 0 Å². The van der Waals surface area contributed by atoms with Gasteiger partial charge < -0.3 is 10.3 Å². The van der Waals surface area contributed by atoms with Crippen LogP contribution in [0.2, 0.25) is 0 Å². The molecule has 2 aromatic rings. The van der Waals surface area contributed by atoms with Crippen LogP contribution in [0.1, 0.15) is 16.8 Å². The molecule has 3 heteroatoms. The molecule has 0 aliphatic carbocycles. The second kappa shape index (κ2) is 4.41. The highest BCUT2D eigenvalue weighted by molar-refractivity contribution is 5.85. The molecule has 1 aliphatic heterocycles. The molecule has 0 spiro atoms. The Balaban J connectivity index is 2.07. The van der Waals surface area contributed by atoms with Gasteiger partial charge in [0.2, 0.25) is 0 Å². The van der Waals surface area contributed by atoms with Gasteiger partial charge >= 0.3 is 0 Å². The molecule has 3 rings (SSSR count). The van der Waals surface area contributed by atoms with Crippen LogP contribution in [0.5, 0.6) is 0 Å². The molecule has 0 amide bonds. The van der Waals surface area contributed by atoms with Crippen molar-refractivity contribution in [3.63, 3.8) is 0 Å². The number of nitrogens with two attached hydrogens (primary N) is 1.